The molecule has 8 heteroatoms. The number of aromatic amines is 1. The molecule has 1 aliphatic rings. The molecule has 1 aromatic heterocycles. The van der Waals surface area contributed by atoms with Crippen molar-refractivity contribution in [3.8, 4) is 0 Å². The molecule has 0 atom stereocenters. The van der Waals surface area contributed by atoms with Crippen LogP contribution in [0.5, 0.6) is 0 Å². The lowest BCUT2D eigenvalue weighted by molar-refractivity contribution is 0.0788. The standard InChI is InChI=1S/C14H16N4O3S/c19-14(18-8-4-5-9-18)13-12(10-15-16-13)17-22(20,21)11-6-2-1-3-7-11/h1-3,6-7,10,17H,4-5,8-9H2,(H,15,16). The molecule has 0 bridgehead atoms. The van der Waals surface area contributed by atoms with Crippen molar-refractivity contribution >= 4 is 21.6 Å². The van der Waals surface area contributed by atoms with Crippen LogP contribution >= 0.6 is 0 Å². The van der Waals surface area contributed by atoms with Gasteiger partial charge in [0.25, 0.3) is 15.9 Å². The van der Waals surface area contributed by atoms with Crippen molar-refractivity contribution in [3.05, 3.63) is 42.2 Å². The number of amides is 1. The number of hydrogen-bond donors (Lipinski definition) is 2. The highest BCUT2D eigenvalue weighted by Gasteiger charge is 2.25. The number of hydrogen-bond acceptors (Lipinski definition) is 4. The minimum Gasteiger partial charge on any atom is -0.337 e. The van der Waals surface area contributed by atoms with E-state index in [1.54, 1.807) is 23.1 Å². The molecule has 116 valence electrons. The Kier molecular flexibility index (Phi) is 3.84. The highest BCUT2D eigenvalue weighted by molar-refractivity contribution is 7.92. The van der Waals surface area contributed by atoms with Crippen LogP contribution in [0.1, 0.15) is 23.3 Å². The molecule has 3 rings (SSSR count). The summed E-state index contributed by atoms with van der Waals surface area (Å²) in [7, 11) is -3.74. The summed E-state index contributed by atoms with van der Waals surface area (Å²) in [5.41, 5.74) is 0.335. The summed E-state index contributed by atoms with van der Waals surface area (Å²) >= 11 is 0. The first kappa shape index (κ1) is 14.6. The molecule has 1 saturated heterocycles. The number of sulfonamides is 1. The lowest BCUT2D eigenvalue weighted by Crippen LogP contribution is -2.29. The molecule has 1 aliphatic heterocycles. The topological polar surface area (TPSA) is 95.2 Å². The maximum absolute atomic E-state index is 12.4. The van der Waals surface area contributed by atoms with Gasteiger partial charge in [-0.05, 0) is 25.0 Å². The lowest BCUT2D eigenvalue weighted by atomic mass is 10.3. The second-order valence-corrected chi connectivity index (χ2v) is 6.76. The minimum atomic E-state index is -3.74. The molecular weight excluding hydrogens is 304 g/mol. The van der Waals surface area contributed by atoms with E-state index in [2.05, 4.69) is 14.9 Å². The minimum absolute atomic E-state index is 0.135. The van der Waals surface area contributed by atoms with Crippen LogP contribution in [0.15, 0.2) is 41.4 Å². The number of anilines is 1. The van der Waals surface area contributed by atoms with E-state index in [0.717, 1.165) is 12.8 Å². The van der Waals surface area contributed by atoms with Crippen LogP contribution in [0.4, 0.5) is 5.69 Å². The van der Waals surface area contributed by atoms with Gasteiger partial charge in [0.2, 0.25) is 0 Å². The number of carbonyl (C=O) groups is 1. The zero-order valence-electron chi connectivity index (χ0n) is 11.8. The first-order valence-corrected chi connectivity index (χ1v) is 8.47. The predicted molar refractivity (Wildman–Crippen MR) is 81.0 cm³/mol. The van der Waals surface area contributed by atoms with E-state index in [9.17, 15) is 13.2 Å². The molecule has 22 heavy (non-hydrogen) atoms. The van der Waals surface area contributed by atoms with Crippen LogP contribution in [0.2, 0.25) is 0 Å². The molecule has 0 spiro atoms. The van der Waals surface area contributed by atoms with Gasteiger partial charge in [-0.2, -0.15) is 5.10 Å². The zero-order valence-corrected chi connectivity index (χ0v) is 12.6. The maximum atomic E-state index is 12.4. The molecule has 7 nitrogen and oxygen atoms in total. The molecule has 0 unspecified atom stereocenters. The van der Waals surface area contributed by atoms with Crippen LogP contribution in [0.3, 0.4) is 0 Å². The number of H-pyrrole nitrogens is 1. The molecule has 2 N–H and O–H groups in total. The number of carbonyl (C=O) groups excluding carboxylic acids is 1. The van der Waals surface area contributed by atoms with Gasteiger partial charge in [-0.25, -0.2) is 8.42 Å². The molecule has 1 amide bonds. The fourth-order valence-corrected chi connectivity index (χ4v) is 3.49. The second-order valence-electron chi connectivity index (χ2n) is 5.08. The number of benzene rings is 1. The molecule has 1 fully saturated rings. The second kappa shape index (κ2) is 5.80. The first-order chi connectivity index (χ1) is 10.6. The first-order valence-electron chi connectivity index (χ1n) is 6.98. The molecule has 2 heterocycles. The fraction of sp³-hybridized carbons (Fsp3) is 0.286. The van der Waals surface area contributed by atoms with Gasteiger partial charge in [-0.1, -0.05) is 18.2 Å². The Labute approximate surface area is 128 Å². The average molecular weight is 320 g/mol. The SMILES string of the molecule is O=C(c1[nH]ncc1NS(=O)(=O)c1ccccc1)N1CCCC1. The van der Waals surface area contributed by atoms with Crippen LogP contribution in [-0.4, -0.2) is 42.5 Å². The van der Waals surface area contributed by atoms with Crippen molar-refractivity contribution in [1.82, 2.24) is 15.1 Å². The maximum Gasteiger partial charge on any atom is 0.274 e. The van der Waals surface area contributed by atoms with Crippen molar-refractivity contribution in [2.45, 2.75) is 17.7 Å². The number of aromatic nitrogens is 2. The smallest absolute Gasteiger partial charge is 0.274 e. The van der Waals surface area contributed by atoms with Gasteiger partial charge in [0.05, 0.1) is 16.8 Å². The van der Waals surface area contributed by atoms with Crippen molar-refractivity contribution in [2.24, 2.45) is 0 Å². The van der Waals surface area contributed by atoms with Crippen molar-refractivity contribution < 1.29 is 13.2 Å². The van der Waals surface area contributed by atoms with Gasteiger partial charge < -0.3 is 4.90 Å². The summed E-state index contributed by atoms with van der Waals surface area (Å²) in [6, 6.07) is 7.99. The Bertz CT molecular complexity index is 764. The summed E-state index contributed by atoms with van der Waals surface area (Å²) in [5, 5.41) is 6.38. The van der Waals surface area contributed by atoms with E-state index in [1.165, 1.54) is 18.3 Å². The van der Waals surface area contributed by atoms with Gasteiger partial charge in [-0.3, -0.25) is 14.6 Å². The van der Waals surface area contributed by atoms with Crippen LogP contribution < -0.4 is 4.72 Å². The molecular formula is C14H16N4O3S. The summed E-state index contributed by atoms with van der Waals surface area (Å²) in [4.78, 5) is 14.2. The Balaban J connectivity index is 1.85. The predicted octanol–water partition coefficient (Wildman–Crippen LogP) is 1.45. The van der Waals surface area contributed by atoms with Crippen LogP contribution in [0, 0.1) is 0 Å². The highest BCUT2D eigenvalue weighted by Crippen LogP contribution is 2.21. The van der Waals surface area contributed by atoms with Gasteiger partial charge in [0.15, 0.2) is 0 Å². The Hall–Kier alpha value is -2.35. The largest absolute Gasteiger partial charge is 0.337 e. The molecule has 0 saturated carbocycles. The van der Waals surface area contributed by atoms with Crippen molar-refractivity contribution in [1.29, 1.82) is 0 Å². The number of rotatable bonds is 4. The molecule has 2 aromatic rings. The quantitative estimate of drug-likeness (QED) is 0.891. The Morgan fingerprint density at radius 2 is 1.86 bits per heavy atom. The van der Waals surface area contributed by atoms with Gasteiger partial charge in [-0.15, -0.1) is 0 Å². The van der Waals surface area contributed by atoms with E-state index in [0.29, 0.717) is 13.1 Å². The molecule has 0 aliphatic carbocycles. The number of nitrogens with zero attached hydrogens (tertiary/aromatic N) is 2. The Morgan fingerprint density at radius 1 is 1.18 bits per heavy atom. The summed E-state index contributed by atoms with van der Waals surface area (Å²) in [6.45, 7) is 1.37. The molecule has 1 aromatic carbocycles. The van der Waals surface area contributed by atoms with E-state index < -0.39 is 10.0 Å². The Morgan fingerprint density at radius 3 is 2.55 bits per heavy atom. The van der Waals surface area contributed by atoms with Crippen LogP contribution in [-0.2, 0) is 10.0 Å². The summed E-state index contributed by atoms with van der Waals surface area (Å²) in [5.74, 6) is -0.235. The van der Waals surface area contributed by atoms with E-state index >= 15 is 0 Å². The van der Waals surface area contributed by atoms with Gasteiger partial charge in [0.1, 0.15) is 5.69 Å². The van der Waals surface area contributed by atoms with Gasteiger partial charge in [0, 0.05) is 13.1 Å². The van der Waals surface area contributed by atoms with Crippen LogP contribution in [0.25, 0.3) is 0 Å². The normalized spacial score (nSPS) is 15.0. The average Bonchev–Trinajstić information content (AvgIpc) is 3.18. The monoisotopic (exact) mass is 320 g/mol. The zero-order chi connectivity index (χ0) is 15.6. The summed E-state index contributed by atoms with van der Waals surface area (Å²) < 4.78 is 27.1. The highest BCUT2D eigenvalue weighted by atomic mass is 32.2. The van der Waals surface area contributed by atoms with E-state index in [4.69, 9.17) is 0 Å². The van der Waals surface area contributed by atoms with Gasteiger partial charge >= 0.3 is 0 Å². The van der Waals surface area contributed by atoms with E-state index in [1.807, 2.05) is 0 Å². The fourth-order valence-electron chi connectivity index (χ4n) is 2.41. The number of nitrogens with one attached hydrogen (secondary N) is 2. The third-order valence-corrected chi connectivity index (χ3v) is 4.93. The summed E-state index contributed by atoms with van der Waals surface area (Å²) in [6.07, 6.45) is 3.24. The van der Waals surface area contributed by atoms with Crippen molar-refractivity contribution in [3.63, 3.8) is 0 Å². The van der Waals surface area contributed by atoms with E-state index in [-0.39, 0.29) is 22.2 Å². The van der Waals surface area contributed by atoms with Crippen molar-refractivity contribution in [2.75, 3.05) is 17.8 Å². The third kappa shape index (κ3) is 2.82. The molecule has 0 radical (unpaired) electrons. The lowest BCUT2D eigenvalue weighted by Gasteiger charge is -2.15. The third-order valence-electron chi connectivity index (χ3n) is 3.54. The number of likely N-dealkylation sites (tertiary alicyclic amines) is 1.